The molecule has 2 aliphatic heterocycles. The summed E-state index contributed by atoms with van der Waals surface area (Å²) in [6.07, 6.45) is 6.00. The van der Waals surface area contributed by atoms with E-state index < -0.39 is 0 Å². The third-order valence-corrected chi connectivity index (χ3v) is 5.87. The molecule has 0 aromatic heterocycles. The summed E-state index contributed by atoms with van der Waals surface area (Å²) in [5.41, 5.74) is 0.471. The number of nitrogens with zero attached hydrogens (tertiary/aromatic N) is 2. The van der Waals surface area contributed by atoms with Crippen molar-refractivity contribution in [2.24, 2.45) is 5.92 Å². The average Bonchev–Trinajstić information content (AvgIpc) is 3.01. The van der Waals surface area contributed by atoms with Gasteiger partial charge in [0.25, 0.3) is 5.91 Å². The van der Waals surface area contributed by atoms with Crippen LogP contribution in [0.3, 0.4) is 0 Å². The molecule has 3 amide bonds. The monoisotopic (exact) mass is 405 g/mol. The second-order valence-electron chi connectivity index (χ2n) is 7.58. The highest BCUT2D eigenvalue weighted by Gasteiger charge is 2.30. The van der Waals surface area contributed by atoms with Crippen LogP contribution in [-0.4, -0.2) is 60.2 Å². The summed E-state index contributed by atoms with van der Waals surface area (Å²) in [6.45, 7) is 2.84. The molecule has 1 aromatic carbocycles. The van der Waals surface area contributed by atoms with E-state index in [0.29, 0.717) is 36.5 Å². The van der Waals surface area contributed by atoms with Gasteiger partial charge in [-0.1, -0.05) is 24.4 Å². The first-order valence-electron chi connectivity index (χ1n) is 10.1. The van der Waals surface area contributed by atoms with Crippen LogP contribution in [0, 0.1) is 5.92 Å². The van der Waals surface area contributed by atoms with Gasteiger partial charge >= 0.3 is 0 Å². The van der Waals surface area contributed by atoms with Crippen molar-refractivity contribution in [2.45, 2.75) is 38.5 Å². The van der Waals surface area contributed by atoms with Crippen molar-refractivity contribution in [1.82, 2.24) is 15.1 Å². The Morgan fingerprint density at radius 3 is 2.11 bits per heavy atom. The van der Waals surface area contributed by atoms with E-state index >= 15 is 0 Å². The largest absolute Gasteiger partial charge is 0.343 e. The van der Waals surface area contributed by atoms with Crippen LogP contribution in [0.15, 0.2) is 24.3 Å². The Labute approximate surface area is 171 Å². The molecule has 3 rings (SSSR count). The standard InChI is InChI=1S/C21H28ClN3O3/c22-18-7-5-16(6-8-18)20(27)23-15-19(26)24-13-9-17(10-14-24)21(28)25-11-3-1-2-4-12-25/h5-8,17H,1-4,9-15H2,(H,23,27). The SMILES string of the molecule is O=C(NCC(=O)N1CCC(C(=O)N2CCCCCC2)CC1)c1ccc(Cl)cc1. The minimum Gasteiger partial charge on any atom is -0.343 e. The lowest BCUT2D eigenvalue weighted by Crippen LogP contribution is -2.47. The van der Waals surface area contributed by atoms with E-state index in [1.165, 1.54) is 12.8 Å². The topological polar surface area (TPSA) is 69.7 Å². The van der Waals surface area contributed by atoms with Crippen LogP contribution in [0.1, 0.15) is 48.9 Å². The van der Waals surface area contributed by atoms with Crippen molar-refractivity contribution in [3.8, 4) is 0 Å². The Bertz CT molecular complexity index is 691. The third kappa shape index (κ3) is 5.47. The number of hydrogen-bond acceptors (Lipinski definition) is 3. The molecule has 0 atom stereocenters. The summed E-state index contributed by atoms with van der Waals surface area (Å²) in [6, 6.07) is 6.54. The number of piperidine rings is 1. The Hall–Kier alpha value is -2.08. The van der Waals surface area contributed by atoms with Crippen molar-refractivity contribution in [2.75, 3.05) is 32.7 Å². The molecule has 0 saturated carbocycles. The van der Waals surface area contributed by atoms with Crippen LogP contribution in [-0.2, 0) is 9.59 Å². The number of benzene rings is 1. The van der Waals surface area contributed by atoms with Crippen LogP contribution in [0.2, 0.25) is 5.02 Å². The van der Waals surface area contributed by atoms with Gasteiger partial charge in [-0.15, -0.1) is 0 Å². The molecule has 1 N–H and O–H groups in total. The highest BCUT2D eigenvalue weighted by molar-refractivity contribution is 6.30. The Morgan fingerprint density at radius 2 is 1.50 bits per heavy atom. The fraction of sp³-hybridized carbons (Fsp3) is 0.571. The van der Waals surface area contributed by atoms with E-state index in [1.54, 1.807) is 29.2 Å². The number of likely N-dealkylation sites (tertiary alicyclic amines) is 2. The lowest BCUT2D eigenvalue weighted by molar-refractivity contribution is -0.140. The molecule has 0 spiro atoms. The van der Waals surface area contributed by atoms with E-state index in [0.717, 1.165) is 25.9 Å². The Balaban J connectivity index is 1.42. The van der Waals surface area contributed by atoms with Gasteiger partial charge in [-0.05, 0) is 49.9 Å². The first-order chi connectivity index (χ1) is 13.5. The summed E-state index contributed by atoms with van der Waals surface area (Å²) in [4.78, 5) is 41.0. The number of carbonyl (C=O) groups excluding carboxylic acids is 3. The number of nitrogens with one attached hydrogen (secondary N) is 1. The van der Waals surface area contributed by atoms with Gasteiger partial charge in [-0.2, -0.15) is 0 Å². The second kappa shape index (κ2) is 9.92. The van der Waals surface area contributed by atoms with Crippen LogP contribution in [0.25, 0.3) is 0 Å². The van der Waals surface area contributed by atoms with Gasteiger partial charge in [-0.3, -0.25) is 14.4 Å². The first-order valence-corrected chi connectivity index (χ1v) is 10.5. The summed E-state index contributed by atoms with van der Waals surface area (Å²) in [5.74, 6) is -0.130. The van der Waals surface area contributed by atoms with Gasteiger partial charge in [0.05, 0.1) is 6.54 Å². The highest BCUT2D eigenvalue weighted by atomic mass is 35.5. The molecule has 0 bridgehead atoms. The minimum atomic E-state index is -0.295. The van der Waals surface area contributed by atoms with E-state index in [-0.39, 0.29) is 30.2 Å². The number of halogens is 1. The molecule has 7 heteroatoms. The van der Waals surface area contributed by atoms with Crippen LogP contribution in [0.5, 0.6) is 0 Å². The van der Waals surface area contributed by atoms with Crippen molar-refractivity contribution >= 4 is 29.3 Å². The predicted molar refractivity (Wildman–Crippen MR) is 108 cm³/mol. The maximum Gasteiger partial charge on any atom is 0.251 e. The summed E-state index contributed by atoms with van der Waals surface area (Å²) in [7, 11) is 0. The fourth-order valence-corrected chi connectivity index (χ4v) is 4.02. The molecular weight excluding hydrogens is 378 g/mol. The van der Waals surface area contributed by atoms with E-state index in [9.17, 15) is 14.4 Å². The fourth-order valence-electron chi connectivity index (χ4n) is 3.90. The maximum atomic E-state index is 12.7. The molecule has 2 aliphatic rings. The molecule has 6 nitrogen and oxygen atoms in total. The maximum absolute atomic E-state index is 12.7. The summed E-state index contributed by atoms with van der Waals surface area (Å²) >= 11 is 5.82. The minimum absolute atomic E-state index is 0.0193. The van der Waals surface area contributed by atoms with E-state index in [2.05, 4.69) is 5.32 Å². The van der Waals surface area contributed by atoms with Gasteiger partial charge in [0.15, 0.2) is 0 Å². The summed E-state index contributed by atoms with van der Waals surface area (Å²) in [5, 5.41) is 3.22. The molecular formula is C21H28ClN3O3. The lowest BCUT2D eigenvalue weighted by atomic mass is 9.95. The van der Waals surface area contributed by atoms with Gasteiger partial charge < -0.3 is 15.1 Å². The van der Waals surface area contributed by atoms with Crippen molar-refractivity contribution in [3.63, 3.8) is 0 Å². The number of hydrogen-bond donors (Lipinski definition) is 1. The number of amides is 3. The van der Waals surface area contributed by atoms with E-state index in [4.69, 9.17) is 11.6 Å². The third-order valence-electron chi connectivity index (χ3n) is 5.62. The first kappa shape index (κ1) is 20.6. The zero-order valence-electron chi connectivity index (χ0n) is 16.2. The van der Waals surface area contributed by atoms with E-state index in [1.807, 2.05) is 4.90 Å². The van der Waals surface area contributed by atoms with Crippen molar-refractivity contribution in [3.05, 3.63) is 34.9 Å². The predicted octanol–water partition coefficient (Wildman–Crippen LogP) is 2.71. The molecule has 2 fully saturated rings. The van der Waals surface area contributed by atoms with Gasteiger partial charge in [0, 0.05) is 42.7 Å². The van der Waals surface area contributed by atoms with Crippen molar-refractivity contribution < 1.29 is 14.4 Å². The lowest BCUT2D eigenvalue weighted by Gasteiger charge is -2.34. The molecule has 0 aliphatic carbocycles. The molecule has 2 saturated heterocycles. The van der Waals surface area contributed by atoms with Crippen LogP contribution in [0.4, 0.5) is 0 Å². The molecule has 0 unspecified atom stereocenters. The Morgan fingerprint density at radius 1 is 0.893 bits per heavy atom. The normalized spacial score (nSPS) is 18.5. The molecule has 2 heterocycles. The van der Waals surface area contributed by atoms with Crippen LogP contribution >= 0.6 is 11.6 Å². The molecule has 152 valence electrons. The molecule has 1 aromatic rings. The van der Waals surface area contributed by atoms with Crippen LogP contribution < -0.4 is 5.32 Å². The van der Waals surface area contributed by atoms with Gasteiger partial charge in [0.1, 0.15) is 0 Å². The summed E-state index contributed by atoms with van der Waals surface area (Å²) < 4.78 is 0. The zero-order chi connectivity index (χ0) is 19.9. The quantitative estimate of drug-likeness (QED) is 0.837. The molecule has 28 heavy (non-hydrogen) atoms. The number of rotatable bonds is 4. The average molecular weight is 406 g/mol. The second-order valence-corrected chi connectivity index (χ2v) is 8.02. The van der Waals surface area contributed by atoms with Gasteiger partial charge in [0.2, 0.25) is 11.8 Å². The highest BCUT2D eigenvalue weighted by Crippen LogP contribution is 2.22. The van der Waals surface area contributed by atoms with Gasteiger partial charge in [-0.25, -0.2) is 0 Å². The van der Waals surface area contributed by atoms with Crippen molar-refractivity contribution in [1.29, 1.82) is 0 Å². The molecule has 0 radical (unpaired) electrons. The Kier molecular flexibility index (Phi) is 7.31. The zero-order valence-corrected chi connectivity index (χ0v) is 16.9. The number of carbonyl (C=O) groups is 3. The smallest absolute Gasteiger partial charge is 0.251 e.